The first-order chi connectivity index (χ1) is 12.5. The Morgan fingerprint density at radius 2 is 1.58 bits per heavy atom. The molecule has 0 aromatic heterocycles. The zero-order valence-corrected chi connectivity index (χ0v) is 14.5. The standard InChI is InChI=1S/C21H19NO4/c1-22(2)20(24)19(15-9-4-3-5-10-15)26-21(25)17-13-12-14-8-6-7-11-16(14)18(17)23/h3-13,19,23H,1-2H3/t19-/m1/s1. The topological polar surface area (TPSA) is 66.8 Å². The number of nitrogens with zero attached hydrogens (tertiary/aromatic N) is 1. The fourth-order valence-electron chi connectivity index (χ4n) is 2.71. The van der Waals surface area contributed by atoms with Crippen molar-refractivity contribution in [3.8, 4) is 5.75 Å². The van der Waals surface area contributed by atoms with E-state index in [2.05, 4.69) is 0 Å². The van der Waals surface area contributed by atoms with Gasteiger partial charge in [-0.2, -0.15) is 0 Å². The lowest BCUT2D eigenvalue weighted by Gasteiger charge is -2.21. The molecule has 1 amide bonds. The highest BCUT2D eigenvalue weighted by molar-refractivity contribution is 6.02. The van der Waals surface area contributed by atoms with E-state index in [1.807, 2.05) is 18.2 Å². The van der Waals surface area contributed by atoms with Gasteiger partial charge in [0.1, 0.15) is 11.3 Å². The molecule has 3 rings (SSSR count). The van der Waals surface area contributed by atoms with E-state index in [4.69, 9.17) is 4.74 Å². The van der Waals surface area contributed by atoms with Crippen LogP contribution in [0.25, 0.3) is 10.8 Å². The van der Waals surface area contributed by atoms with Gasteiger partial charge in [0.05, 0.1) is 0 Å². The molecule has 0 aliphatic heterocycles. The molecule has 132 valence electrons. The molecule has 0 aliphatic carbocycles. The van der Waals surface area contributed by atoms with Crippen molar-refractivity contribution in [1.82, 2.24) is 4.90 Å². The third-order valence-corrected chi connectivity index (χ3v) is 4.11. The van der Waals surface area contributed by atoms with Crippen LogP contribution in [0, 0.1) is 0 Å². The number of hydrogen-bond acceptors (Lipinski definition) is 4. The van der Waals surface area contributed by atoms with Crippen LogP contribution >= 0.6 is 0 Å². The van der Waals surface area contributed by atoms with Gasteiger partial charge in [0.15, 0.2) is 0 Å². The summed E-state index contributed by atoms with van der Waals surface area (Å²) in [6, 6.07) is 19.2. The molecule has 0 heterocycles. The third kappa shape index (κ3) is 3.37. The predicted octanol–water partition coefficient (Wildman–Crippen LogP) is 3.53. The van der Waals surface area contributed by atoms with E-state index in [0.29, 0.717) is 10.9 Å². The van der Waals surface area contributed by atoms with Gasteiger partial charge < -0.3 is 14.7 Å². The second kappa shape index (κ2) is 7.27. The molecule has 0 fully saturated rings. The molecular weight excluding hydrogens is 330 g/mol. The number of fused-ring (bicyclic) bond motifs is 1. The molecule has 0 spiro atoms. The summed E-state index contributed by atoms with van der Waals surface area (Å²) in [6.07, 6.45) is -1.08. The average Bonchev–Trinajstić information content (AvgIpc) is 2.66. The molecule has 3 aromatic carbocycles. The number of rotatable bonds is 4. The van der Waals surface area contributed by atoms with Gasteiger partial charge in [-0.3, -0.25) is 4.79 Å². The maximum absolute atomic E-state index is 12.7. The number of aromatic hydroxyl groups is 1. The molecule has 5 nitrogen and oxygen atoms in total. The molecule has 0 bridgehead atoms. The Bertz CT molecular complexity index is 951. The summed E-state index contributed by atoms with van der Waals surface area (Å²) in [7, 11) is 3.19. The van der Waals surface area contributed by atoms with Crippen LogP contribution in [-0.4, -0.2) is 36.0 Å². The summed E-state index contributed by atoms with van der Waals surface area (Å²) in [5.41, 5.74) is 0.594. The monoisotopic (exact) mass is 349 g/mol. The summed E-state index contributed by atoms with van der Waals surface area (Å²) in [5, 5.41) is 11.8. The molecule has 1 N–H and O–H groups in total. The van der Waals surface area contributed by atoms with E-state index in [0.717, 1.165) is 5.39 Å². The van der Waals surface area contributed by atoms with E-state index >= 15 is 0 Å². The number of phenolic OH excluding ortho intramolecular Hbond substituents is 1. The van der Waals surface area contributed by atoms with Gasteiger partial charge in [-0.1, -0.05) is 60.7 Å². The number of amides is 1. The number of esters is 1. The van der Waals surface area contributed by atoms with Gasteiger partial charge in [0.2, 0.25) is 6.10 Å². The maximum atomic E-state index is 12.7. The highest BCUT2D eigenvalue weighted by Crippen LogP contribution is 2.30. The largest absolute Gasteiger partial charge is 0.506 e. The Morgan fingerprint density at radius 1 is 0.923 bits per heavy atom. The zero-order chi connectivity index (χ0) is 18.7. The molecule has 0 aliphatic rings. The van der Waals surface area contributed by atoms with Gasteiger partial charge in [-0.05, 0) is 11.5 Å². The van der Waals surface area contributed by atoms with E-state index in [-0.39, 0.29) is 17.2 Å². The van der Waals surface area contributed by atoms with E-state index in [1.165, 1.54) is 11.0 Å². The van der Waals surface area contributed by atoms with Crippen LogP contribution in [0.3, 0.4) is 0 Å². The SMILES string of the molecule is CN(C)C(=O)[C@H](OC(=O)c1ccc2ccccc2c1O)c1ccccc1. The fraction of sp³-hybridized carbons (Fsp3) is 0.143. The van der Waals surface area contributed by atoms with Crippen molar-refractivity contribution in [3.05, 3.63) is 77.9 Å². The molecule has 0 radical (unpaired) electrons. The van der Waals surface area contributed by atoms with Crippen LogP contribution in [0.15, 0.2) is 66.7 Å². The number of ether oxygens (including phenoxy) is 1. The van der Waals surface area contributed by atoms with Crippen LogP contribution in [-0.2, 0) is 9.53 Å². The van der Waals surface area contributed by atoms with Crippen molar-refractivity contribution in [2.45, 2.75) is 6.10 Å². The van der Waals surface area contributed by atoms with Crippen LogP contribution in [0.4, 0.5) is 0 Å². The maximum Gasteiger partial charge on any atom is 0.343 e. The molecule has 0 saturated carbocycles. The van der Waals surface area contributed by atoms with Crippen molar-refractivity contribution in [1.29, 1.82) is 0 Å². The predicted molar refractivity (Wildman–Crippen MR) is 98.9 cm³/mol. The van der Waals surface area contributed by atoms with Crippen LogP contribution in [0.1, 0.15) is 22.0 Å². The quantitative estimate of drug-likeness (QED) is 0.732. The van der Waals surface area contributed by atoms with E-state index in [9.17, 15) is 14.7 Å². The van der Waals surface area contributed by atoms with Crippen LogP contribution in [0.2, 0.25) is 0 Å². The zero-order valence-electron chi connectivity index (χ0n) is 14.5. The highest BCUT2D eigenvalue weighted by Gasteiger charge is 2.28. The van der Waals surface area contributed by atoms with E-state index < -0.39 is 12.1 Å². The molecule has 1 atom stereocenters. The number of hydrogen-bond donors (Lipinski definition) is 1. The van der Waals surface area contributed by atoms with Crippen molar-refractivity contribution in [2.75, 3.05) is 14.1 Å². The number of benzene rings is 3. The minimum Gasteiger partial charge on any atom is -0.506 e. The van der Waals surface area contributed by atoms with Crippen molar-refractivity contribution >= 4 is 22.6 Å². The van der Waals surface area contributed by atoms with Gasteiger partial charge in [-0.25, -0.2) is 4.79 Å². The molecule has 5 heteroatoms. The fourth-order valence-corrected chi connectivity index (χ4v) is 2.71. The Labute approximate surface area is 151 Å². The first-order valence-corrected chi connectivity index (χ1v) is 8.17. The first kappa shape index (κ1) is 17.5. The minimum absolute atomic E-state index is 0.0242. The molecule has 26 heavy (non-hydrogen) atoms. The van der Waals surface area contributed by atoms with Gasteiger partial charge in [-0.15, -0.1) is 0 Å². The highest BCUT2D eigenvalue weighted by atomic mass is 16.5. The summed E-state index contributed by atoms with van der Waals surface area (Å²) < 4.78 is 5.49. The van der Waals surface area contributed by atoms with Crippen LogP contribution in [0.5, 0.6) is 5.75 Å². The Morgan fingerprint density at radius 3 is 2.27 bits per heavy atom. The minimum atomic E-state index is -1.08. The number of likely N-dealkylation sites (N-methyl/N-ethyl adjacent to an activating group) is 1. The van der Waals surface area contributed by atoms with Crippen molar-refractivity contribution < 1.29 is 19.4 Å². The van der Waals surface area contributed by atoms with Gasteiger partial charge >= 0.3 is 5.97 Å². The molecule has 3 aromatic rings. The number of carbonyl (C=O) groups excluding carboxylic acids is 2. The summed E-state index contributed by atoms with van der Waals surface area (Å²) in [5.74, 6) is -1.26. The lowest BCUT2D eigenvalue weighted by atomic mass is 10.0. The third-order valence-electron chi connectivity index (χ3n) is 4.11. The Hall–Kier alpha value is -3.34. The smallest absolute Gasteiger partial charge is 0.343 e. The Kier molecular flexibility index (Phi) is 4.89. The number of carbonyl (C=O) groups is 2. The lowest BCUT2D eigenvalue weighted by molar-refractivity contribution is -0.138. The van der Waals surface area contributed by atoms with E-state index in [1.54, 1.807) is 56.6 Å². The van der Waals surface area contributed by atoms with Gasteiger partial charge in [0, 0.05) is 25.0 Å². The second-order valence-electron chi connectivity index (χ2n) is 6.11. The molecule has 0 saturated heterocycles. The van der Waals surface area contributed by atoms with Gasteiger partial charge in [0.25, 0.3) is 5.91 Å². The van der Waals surface area contributed by atoms with Crippen molar-refractivity contribution in [3.63, 3.8) is 0 Å². The number of phenols is 1. The lowest BCUT2D eigenvalue weighted by Crippen LogP contribution is -2.31. The van der Waals surface area contributed by atoms with Crippen LogP contribution < -0.4 is 0 Å². The molecule has 0 unspecified atom stereocenters. The van der Waals surface area contributed by atoms with Crippen molar-refractivity contribution in [2.24, 2.45) is 0 Å². The summed E-state index contributed by atoms with van der Waals surface area (Å²) in [4.78, 5) is 26.5. The average molecular weight is 349 g/mol. The second-order valence-corrected chi connectivity index (χ2v) is 6.11. The first-order valence-electron chi connectivity index (χ1n) is 8.17. The summed E-state index contributed by atoms with van der Waals surface area (Å²) in [6.45, 7) is 0. The Balaban J connectivity index is 1.96. The molecular formula is C21H19NO4. The normalized spacial score (nSPS) is 11.8. The summed E-state index contributed by atoms with van der Waals surface area (Å²) >= 11 is 0.